The fraction of sp³-hybridized carbons (Fsp3) is 0.214. The van der Waals surface area contributed by atoms with E-state index in [2.05, 4.69) is 44.6 Å². The first-order valence-corrected chi connectivity index (χ1v) is 24.6. The quantitative estimate of drug-likeness (QED) is 0.0536. The lowest BCUT2D eigenvalue weighted by atomic mass is 9.80. The van der Waals surface area contributed by atoms with Gasteiger partial charge in [0.2, 0.25) is 0 Å². The highest BCUT2D eigenvalue weighted by molar-refractivity contribution is 6.62. The minimum atomic E-state index is -0.698. The third-order valence-electron chi connectivity index (χ3n) is 13.8. The van der Waals surface area contributed by atoms with Gasteiger partial charge in [-0.2, -0.15) is 0 Å². The molecule has 22 heteroatoms. The molecule has 1 aliphatic rings. The van der Waals surface area contributed by atoms with Crippen molar-refractivity contribution in [3.05, 3.63) is 203 Å². The second kappa shape index (κ2) is 20.3. The van der Waals surface area contributed by atoms with E-state index in [1.54, 1.807) is 103 Å². The highest BCUT2D eigenvalue weighted by Gasteiger charge is 2.51. The molecule has 1 fully saturated rings. The Bertz CT molecular complexity index is 4300. The summed E-state index contributed by atoms with van der Waals surface area (Å²) in [5.74, 6) is 0.891. The van der Waals surface area contributed by atoms with Crippen LogP contribution in [0.5, 0.6) is 0 Å². The van der Waals surface area contributed by atoms with Crippen LogP contribution in [0, 0.1) is 13.1 Å². The first kappa shape index (κ1) is 53.4. The van der Waals surface area contributed by atoms with Gasteiger partial charge in [-0.05, 0) is 119 Å². The number of hydrogen-bond acceptors (Lipinski definition) is 14. The van der Waals surface area contributed by atoms with Crippen LogP contribution >= 0.6 is 11.6 Å². The summed E-state index contributed by atoms with van der Waals surface area (Å²) in [5.41, 5.74) is 14.4. The van der Waals surface area contributed by atoms with Gasteiger partial charge in [-0.25, -0.2) is 42.7 Å². The molecule has 8 aromatic heterocycles. The van der Waals surface area contributed by atoms with Gasteiger partial charge in [0, 0.05) is 74.6 Å². The maximum Gasteiger partial charge on any atom is 0.496 e. The number of fused-ring (bicyclic) bond motifs is 6. The number of H-pyrrole nitrogens is 2. The molecule has 10 aromatic rings. The van der Waals surface area contributed by atoms with Crippen molar-refractivity contribution in [3.63, 3.8) is 0 Å². The van der Waals surface area contributed by atoms with Crippen molar-refractivity contribution in [2.45, 2.75) is 77.7 Å². The van der Waals surface area contributed by atoms with E-state index in [0.717, 1.165) is 22.2 Å². The van der Waals surface area contributed by atoms with Crippen molar-refractivity contribution in [1.82, 2.24) is 49.0 Å². The van der Waals surface area contributed by atoms with Crippen LogP contribution in [-0.2, 0) is 20.4 Å². The fourth-order valence-corrected chi connectivity index (χ4v) is 8.57. The van der Waals surface area contributed by atoms with Crippen molar-refractivity contribution in [1.29, 1.82) is 0 Å². The Labute approximate surface area is 450 Å². The molecule has 6 N–H and O–H groups in total. The van der Waals surface area contributed by atoms with E-state index in [0.29, 0.717) is 61.8 Å². The Morgan fingerprint density at radius 3 is 1.46 bits per heavy atom. The Balaban J connectivity index is 0.000000151. The minimum absolute atomic E-state index is 0.229. The summed E-state index contributed by atoms with van der Waals surface area (Å²) in [7, 11) is -0.363. The van der Waals surface area contributed by atoms with Crippen molar-refractivity contribution in [2.75, 3.05) is 11.5 Å². The van der Waals surface area contributed by atoms with Gasteiger partial charge in [0.05, 0.1) is 61.1 Å². The first-order chi connectivity index (χ1) is 36.9. The Kier molecular flexibility index (Phi) is 13.9. The monoisotopic (exact) mass is 1060 g/mol. The number of halogens is 1. The van der Waals surface area contributed by atoms with Gasteiger partial charge in [-0.3, -0.25) is 38.7 Å². The fourth-order valence-electron chi connectivity index (χ4n) is 8.42. The normalized spacial score (nSPS) is 13.8. The molecule has 9 heterocycles. The zero-order valence-electron chi connectivity index (χ0n) is 43.6. The molecule has 0 bridgehead atoms. The summed E-state index contributed by atoms with van der Waals surface area (Å²) < 4.78 is 14.6. The van der Waals surface area contributed by atoms with Gasteiger partial charge in [-0.15, -0.1) is 0 Å². The predicted octanol–water partition coefficient (Wildman–Crippen LogP) is 7.81. The van der Waals surface area contributed by atoms with Gasteiger partial charge in [0.15, 0.2) is 0 Å². The zero-order chi connectivity index (χ0) is 56.1. The number of nitrogens with two attached hydrogens (primary N) is 2. The molecule has 0 unspecified atom stereocenters. The number of hydrogen-bond donors (Lipinski definition) is 4. The predicted molar refractivity (Wildman–Crippen MR) is 303 cm³/mol. The third-order valence-corrected chi connectivity index (χ3v) is 14.0. The van der Waals surface area contributed by atoms with Crippen LogP contribution in [0.1, 0.15) is 66.5 Å². The number of rotatable bonds is 6. The van der Waals surface area contributed by atoms with Crippen LogP contribution in [0.25, 0.3) is 76.2 Å². The number of nitrogens with one attached hydrogen (secondary N) is 2. The smallest absolute Gasteiger partial charge is 0.399 e. The van der Waals surface area contributed by atoms with Gasteiger partial charge in [-0.1, -0.05) is 17.7 Å². The maximum absolute atomic E-state index is 13.0. The Morgan fingerprint density at radius 2 is 1.03 bits per heavy atom. The molecular formula is C56H50BClN14O6. The first-order valence-electron chi connectivity index (χ1n) is 24.2. The molecule has 2 aromatic carbocycles. The largest absolute Gasteiger partial charge is 0.496 e. The van der Waals surface area contributed by atoms with Gasteiger partial charge < -0.3 is 30.5 Å². The van der Waals surface area contributed by atoms with E-state index in [-0.39, 0.29) is 34.2 Å². The van der Waals surface area contributed by atoms with E-state index in [1.165, 1.54) is 21.5 Å². The lowest BCUT2D eigenvalue weighted by Gasteiger charge is -2.32. The van der Waals surface area contributed by atoms with Crippen molar-refractivity contribution in [3.8, 4) is 22.6 Å². The van der Waals surface area contributed by atoms with Crippen LogP contribution in [0.2, 0.25) is 5.15 Å². The third kappa shape index (κ3) is 10.2. The standard InChI is InChI=1S/C25H19N7O2.C20H14ClN5O2.C11H17BN2O2/c1-25(2,27-3)15-5-7-16(8-6-15)32-22-17(23(33)31-24(32)34)13-28-19-10-9-18(30-21(19)22)14-4-11-20(26)29-12-14;1-20(2,22-3)11-4-6-12(7-5-11)26-17-13(18(27)25-19(26)28)10-23-14-8-9-15(21)24-16(14)17;1-10(2)11(3,4)16-12(15-10)8-5-6-9(13)14-7-8/h4-13H,1-2H3,(H2,26,29)(H,31,33,34);4-10H,1-2H3,(H,25,27,28);5-7H,1-4H3,(H2,13,14). The summed E-state index contributed by atoms with van der Waals surface area (Å²) in [4.78, 5) is 88.5. The highest BCUT2D eigenvalue weighted by atomic mass is 35.5. The van der Waals surface area contributed by atoms with Gasteiger partial charge in [0.25, 0.3) is 22.2 Å². The molecule has 11 rings (SSSR count). The molecule has 1 saturated heterocycles. The summed E-state index contributed by atoms with van der Waals surface area (Å²) in [6.45, 7) is 30.2. The second-order valence-electron chi connectivity index (χ2n) is 20.3. The highest BCUT2D eigenvalue weighted by Crippen LogP contribution is 2.37. The molecule has 0 radical (unpaired) electrons. The molecule has 1 aliphatic heterocycles. The molecule has 0 spiro atoms. The molecule has 78 heavy (non-hydrogen) atoms. The average Bonchev–Trinajstić information content (AvgIpc) is 3.77. The van der Waals surface area contributed by atoms with E-state index in [1.807, 2.05) is 61.5 Å². The molecule has 0 atom stereocenters. The summed E-state index contributed by atoms with van der Waals surface area (Å²) in [6, 6.07) is 28.1. The zero-order valence-corrected chi connectivity index (χ0v) is 44.3. The van der Waals surface area contributed by atoms with E-state index in [9.17, 15) is 19.2 Å². The van der Waals surface area contributed by atoms with Gasteiger partial charge >= 0.3 is 18.5 Å². The summed E-state index contributed by atoms with van der Waals surface area (Å²) >= 11 is 6.04. The maximum atomic E-state index is 13.0. The number of aromatic amines is 2. The van der Waals surface area contributed by atoms with Crippen LogP contribution in [0.4, 0.5) is 11.6 Å². The van der Waals surface area contributed by atoms with Crippen LogP contribution in [0.15, 0.2) is 141 Å². The van der Waals surface area contributed by atoms with Crippen LogP contribution < -0.4 is 39.4 Å². The number of nitrogen functional groups attached to an aromatic ring is 2. The summed E-state index contributed by atoms with van der Waals surface area (Å²) in [5, 5.41) is 0.695. The number of aromatic nitrogens is 10. The SMILES string of the molecule is CC1(C)OB(c2ccc(N)nc2)OC1(C)C.[C-]#[N+]C(C)(C)c1ccc(-n2c(=O)[nH]c(=O)c3cnc4ccc(-c5ccc(N)nc5)nc4c32)cc1.[C-]#[N+]C(C)(C)c1ccc(-n2c(=O)[nH]c(=O)c3cnc4ccc(Cl)nc4c32)cc1. The van der Waals surface area contributed by atoms with Crippen molar-refractivity contribution < 1.29 is 9.31 Å². The van der Waals surface area contributed by atoms with Crippen LogP contribution in [0.3, 0.4) is 0 Å². The lowest BCUT2D eigenvalue weighted by Crippen LogP contribution is -2.41. The second-order valence-corrected chi connectivity index (χ2v) is 20.7. The van der Waals surface area contributed by atoms with E-state index in [4.69, 9.17) is 50.5 Å². The molecular weight excluding hydrogens is 1010 g/mol. The lowest BCUT2D eigenvalue weighted by molar-refractivity contribution is 0.00578. The van der Waals surface area contributed by atoms with Crippen molar-refractivity contribution in [2.24, 2.45) is 0 Å². The summed E-state index contributed by atoms with van der Waals surface area (Å²) in [6.07, 6.45) is 6.16. The number of nitrogens with zero attached hydrogens (tertiary/aromatic N) is 10. The number of benzene rings is 2. The molecule has 390 valence electrons. The topological polar surface area (TPSA) is 266 Å². The molecule has 20 nitrogen and oxygen atoms in total. The number of anilines is 2. The molecule has 0 saturated carbocycles. The Morgan fingerprint density at radius 1 is 0.577 bits per heavy atom. The van der Waals surface area contributed by atoms with E-state index < -0.39 is 33.6 Å². The van der Waals surface area contributed by atoms with E-state index >= 15 is 0 Å². The molecule has 0 amide bonds. The average molecular weight is 1060 g/mol. The molecule has 0 aliphatic carbocycles. The minimum Gasteiger partial charge on any atom is -0.399 e. The van der Waals surface area contributed by atoms with Crippen LogP contribution in [-0.4, -0.2) is 67.3 Å². The van der Waals surface area contributed by atoms with Gasteiger partial charge in [0.1, 0.15) is 27.8 Å². The number of pyridine rings is 6. The Hall–Kier alpha value is -9.41. The van der Waals surface area contributed by atoms with Crippen molar-refractivity contribution >= 4 is 79.7 Å².